The largest absolute Gasteiger partial charge is 0.497 e. The van der Waals surface area contributed by atoms with Crippen molar-refractivity contribution in [1.82, 2.24) is 0 Å². The molecule has 0 radical (unpaired) electrons. The molecule has 0 heterocycles. The normalized spacial score (nSPS) is 23.1. The smallest absolute Gasteiger partial charge is 0.121 e. The van der Waals surface area contributed by atoms with Crippen molar-refractivity contribution in [2.24, 2.45) is 5.92 Å². The molecule has 2 N–H and O–H groups in total. The number of anilines is 2. The van der Waals surface area contributed by atoms with Gasteiger partial charge in [-0.05, 0) is 43.7 Å². The van der Waals surface area contributed by atoms with Crippen LogP contribution in [0.15, 0.2) is 18.2 Å². The van der Waals surface area contributed by atoms with Gasteiger partial charge in [-0.1, -0.05) is 13.3 Å². The van der Waals surface area contributed by atoms with Gasteiger partial charge in [0.2, 0.25) is 0 Å². The Bertz CT molecular complexity index is 411. The van der Waals surface area contributed by atoms with Gasteiger partial charge in [0.15, 0.2) is 0 Å². The minimum Gasteiger partial charge on any atom is -0.497 e. The Kier molecular flexibility index (Phi) is 4.56. The van der Waals surface area contributed by atoms with Gasteiger partial charge in [-0.15, -0.1) is 0 Å². The molecule has 0 bridgehead atoms. The third-order valence-electron chi connectivity index (χ3n) is 4.56. The van der Waals surface area contributed by atoms with Crippen LogP contribution in [-0.2, 0) is 0 Å². The van der Waals surface area contributed by atoms with Crippen LogP contribution in [0.3, 0.4) is 0 Å². The molecule has 1 aromatic carbocycles. The van der Waals surface area contributed by atoms with Gasteiger partial charge in [-0.25, -0.2) is 0 Å². The molecule has 0 amide bonds. The molecule has 1 aliphatic rings. The Morgan fingerprint density at radius 3 is 2.47 bits per heavy atom. The summed E-state index contributed by atoms with van der Waals surface area (Å²) in [6.45, 7) is 2.30. The SMILES string of the molecule is CCC1CCC(N(C)c2ccc(OC)cc2N)CC1. The maximum absolute atomic E-state index is 6.14. The number of ether oxygens (including phenoxy) is 1. The van der Waals surface area contributed by atoms with Gasteiger partial charge >= 0.3 is 0 Å². The molecule has 19 heavy (non-hydrogen) atoms. The van der Waals surface area contributed by atoms with Crippen molar-refractivity contribution in [2.45, 2.75) is 45.1 Å². The van der Waals surface area contributed by atoms with E-state index in [-0.39, 0.29) is 0 Å². The maximum atomic E-state index is 6.14. The van der Waals surface area contributed by atoms with Gasteiger partial charge in [0, 0.05) is 19.2 Å². The monoisotopic (exact) mass is 262 g/mol. The molecule has 1 saturated carbocycles. The molecule has 0 saturated heterocycles. The van der Waals surface area contributed by atoms with Gasteiger partial charge in [-0.3, -0.25) is 0 Å². The van der Waals surface area contributed by atoms with Crippen molar-refractivity contribution >= 4 is 11.4 Å². The fraction of sp³-hybridized carbons (Fsp3) is 0.625. The van der Waals surface area contributed by atoms with E-state index in [9.17, 15) is 0 Å². The number of hydrogen-bond donors (Lipinski definition) is 1. The van der Waals surface area contributed by atoms with Crippen LogP contribution in [0.25, 0.3) is 0 Å². The van der Waals surface area contributed by atoms with E-state index in [1.165, 1.54) is 32.1 Å². The van der Waals surface area contributed by atoms with E-state index >= 15 is 0 Å². The predicted molar refractivity (Wildman–Crippen MR) is 81.8 cm³/mol. The van der Waals surface area contributed by atoms with Crippen LogP contribution in [0.1, 0.15) is 39.0 Å². The van der Waals surface area contributed by atoms with Crippen molar-refractivity contribution in [2.75, 3.05) is 24.8 Å². The van der Waals surface area contributed by atoms with Crippen LogP contribution >= 0.6 is 0 Å². The Hall–Kier alpha value is -1.38. The summed E-state index contributed by atoms with van der Waals surface area (Å²) < 4.78 is 5.21. The molecule has 0 spiro atoms. The van der Waals surface area contributed by atoms with Crippen molar-refractivity contribution in [3.8, 4) is 5.75 Å². The van der Waals surface area contributed by atoms with Crippen molar-refractivity contribution in [3.63, 3.8) is 0 Å². The maximum Gasteiger partial charge on any atom is 0.121 e. The zero-order valence-electron chi connectivity index (χ0n) is 12.4. The molecule has 0 aromatic heterocycles. The van der Waals surface area contributed by atoms with Crippen LogP contribution in [-0.4, -0.2) is 20.2 Å². The van der Waals surface area contributed by atoms with E-state index in [0.29, 0.717) is 6.04 Å². The molecule has 3 nitrogen and oxygen atoms in total. The second kappa shape index (κ2) is 6.18. The number of nitrogen functional groups attached to an aromatic ring is 1. The highest BCUT2D eigenvalue weighted by molar-refractivity contribution is 5.69. The molecular weight excluding hydrogens is 236 g/mol. The molecule has 0 unspecified atom stereocenters. The summed E-state index contributed by atoms with van der Waals surface area (Å²) >= 11 is 0. The third kappa shape index (κ3) is 3.14. The molecular formula is C16H26N2O. The van der Waals surface area contributed by atoms with Crippen LogP contribution in [0.2, 0.25) is 0 Å². The number of nitrogens with two attached hydrogens (primary N) is 1. The Morgan fingerprint density at radius 2 is 1.95 bits per heavy atom. The Morgan fingerprint density at radius 1 is 1.26 bits per heavy atom. The second-order valence-electron chi connectivity index (χ2n) is 5.62. The van der Waals surface area contributed by atoms with E-state index in [0.717, 1.165) is 23.0 Å². The number of hydrogen-bond acceptors (Lipinski definition) is 3. The average molecular weight is 262 g/mol. The van der Waals surface area contributed by atoms with Gasteiger partial charge in [0.1, 0.15) is 5.75 Å². The lowest BCUT2D eigenvalue weighted by molar-refractivity contribution is 0.313. The first-order chi connectivity index (χ1) is 9.15. The van der Waals surface area contributed by atoms with E-state index in [1.54, 1.807) is 7.11 Å². The van der Waals surface area contributed by atoms with E-state index in [4.69, 9.17) is 10.5 Å². The summed E-state index contributed by atoms with van der Waals surface area (Å²) in [7, 11) is 3.83. The van der Waals surface area contributed by atoms with Crippen LogP contribution in [0.5, 0.6) is 5.75 Å². The molecule has 1 aliphatic carbocycles. The Balaban J connectivity index is 2.05. The van der Waals surface area contributed by atoms with Crippen molar-refractivity contribution < 1.29 is 4.74 Å². The van der Waals surface area contributed by atoms with Gasteiger partial charge in [-0.2, -0.15) is 0 Å². The van der Waals surface area contributed by atoms with Crippen LogP contribution in [0, 0.1) is 5.92 Å². The number of methoxy groups -OCH3 is 1. The molecule has 0 atom stereocenters. The topological polar surface area (TPSA) is 38.5 Å². The van der Waals surface area contributed by atoms with Crippen LogP contribution in [0.4, 0.5) is 11.4 Å². The van der Waals surface area contributed by atoms with Gasteiger partial charge in [0.05, 0.1) is 18.5 Å². The first-order valence-corrected chi connectivity index (χ1v) is 7.32. The molecule has 1 fully saturated rings. The fourth-order valence-corrected chi connectivity index (χ4v) is 3.12. The highest BCUT2D eigenvalue weighted by atomic mass is 16.5. The molecule has 106 valence electrons. The molecule has 3 heteroatoms. The second-order valence-corrected chi connectivity index (χ2v) is 5.62. The lowest BCUT2D eigenvalue weighted by Gasteiger charge is -2.36. The highest BCUT2D eigenvalue weighted by Crippen LogP contribution is 2.34. The summed E-state index contributed by atoms with van der Waals surface area (Å²) in [5.74, 6) is 1.75. The molecule has 2 rings (SSSR count). The number of rotatable bonds is 4. The zero-order valence-corrected chi connectivity index (χ0v) is 12.4. The lowest BCUT2D eigenvalue weighted by atomic mass is 9.84. The molecule has 1 aromatic rings. The minimum absolute atomic E-state index is 0.624. The summed E-state index contributed by atoms with van der Waals surface area (Å²) in [4.78, 5) is 2.35. The third-order valence-corrected chi connectivity index (χ3v) is 4.56. The standard InChI is InChI=1S/C16H26N2O/c1-4-12-5-7-13(8-6-12)18(2)16-10-9-14(19-3)11-15(16)17/h9-13H,4-8,17H2,1-3H3. The average Bonchev–Trinajstić information content (AvgIpc) is 2.46. The van der Waals surface area contributed by atoms with Crippen molar-refractivity contribution in [3.05, 3.63) is 18.2 Å². The summed E-state index contributed by atoms with van der Waals surface area (Å²) in [6.07, 6.45) is 6.57. The minimum atomic E-state index is 0.624. The quantitative estimate of drug-likeness (QED) is 0.841. The number of benzene rings is 1. The van der Waals surface area contributed by atoms with E-state index in [1.807, 2.05) is 12.1 Å². The summed E-state index contributed by atoms with van der Waals surface area (Å²) in [5.41, 5.74) is 8.07. The van der Waals surface area contributed by atoms with E-state index < -0.39 is 0 Å². The summed E-state index contributed by atoms with van der Waals surface area (Å²) in [6, 6.07) is 6.59. The zero-order chi connectivity index (χ0) is 13.8. The predicted octanol–water partition coefficient (Wildman–Crippen LogP) is 3.68. The Labute approximate surface area is 116 Å². The first-order valence-electron chi connectivity index (χ1n) is 7.32. The highest BCUT2D eigenvalue weighted by Gasteiger charge is 2.24. The van der Waals surface area contributed by atoms with Gasteiger partial charge in [0.25, 0.3) is 0 Å². The summed E-state index contributed by atoms with van der Waals surface area (Å²) in [5, 5.41) is 0. The van der Waals surface area contributed by atoms with Crippen molar-refractivity contribution in [1.29, 1.82) is 0 Å². The van der Waals surface area contributed by atoms with Crippen LogP contribution < -0.4 is 15.4 Å². The van der Waals surface area contributed by atoms with E-state index in [2.05, 4.69) is 24.9 Å². The fourth-order valence-electron chi connectivity index (χ4n) is 3.12. The number of nitrogens with zero attached hydrogens (tertiary/aromatic N) is 1. The van der Waals surface area contributed by atoms with Gasteiger partial charge < -0.3 is 15.4 Å². The first kappa shape index (κ1) is 14.0. The molecule has 0 aliphatic heterocycles. The lowest BCUT2D eigenvalue weighted by Crippen LogP contribution is -2.35.